The molecule has 352 valence electrons. The van der Waals surface area contributed by atoms with Crippen molar-refractivity contribution in [3.8, 4) is 11.4 Å². The van der Waals surface area contributed by atoms with Crippen molar-refractivity contribution in [2.45, 2.75) is 130 Å². The monoisotopic (exact) mass is 909 g/mol. The molecule has 6 amide bonds. The number of carbonyl (C=O) groups is 7. The van der Waals surface area contributed by atoms with Gasteiger partial charge in [0.1, 0.15) is 18.7 Å². The third-order valence-electron chi connectivity index (χ3n) is 13.1. The van der Waals surface area contributed by atoms with E-state index >= 15 is 0 Å². The van der Waals surface area contributed by atoms with E-state index in [0.717, 1.165) is 39.8 Å². The molecule has 0 saturated carbocycles. The van der Waals surface area contributed by atoms with E-state index in [1.807, 2.05) is 19.9 Å². The van der Waals surface area contributed by atoms with Crippen LogP contribution in [-0.2, 0) is 74.6 Å². The predicted octanol–water partition coefficient (Wildman–Crippen LogP) is 2.80. The fraction of sp³-hybridized carbons (Fsp3) is 0.521. The van der Waals surface area contributed by atoms with Crippen molar-refractivity contribution in [3.05, 3.63) is 68.5 Å². The summed E-state index contributed by atoms with van der Waals surface area (Å²) in [5.74, 6) is -3.62. The lowest BCUT2D eigenvalue weighted by atomic mass is 9.86. The zero-order chi connectivity index (χ0) is 48.0. The first-order valence-electron chi connectivity index (χ1n) is 22.5. The minimum atomic E-state index is -1.97. The van der Waals surface area contributed by atoms with Gasteiger partial charge in [0.2, 0.25) is 23.6 Å². The Labute approximate surface area is 382 Å². The SMILES string of the molecule is CC(C)[C@H](NC(=O)C(C)(C)CCOC(C)(C)CCNC(=O)CCN1C(=O)C=CC1=O)C(=O)N[C@@H](C)C(=O)Nc1ccc2nc3c(c4c2c1CCC4)Cn1c-3cc2c(c1=O)COC(=O)[C@@]2(C)O. The van der Waals surface area contributed by atoms with Crippen molar-refractivity contribution in [2.24, 2.45) is 11.3 Å². The Kier molecular flexibility index (Phi) is 13.1. The van der Waals surface area contributed by atoms with Crippen molar-refractivity contribution < 1.29 is 48.1 Å². The van der Waals surface area contributed by atoms with Crippen molar-refractivity contribution >= 4 is 58.0 Å². The Morgan fingerprint density at radius 3 is 2.32 bits per heavy atom. The molecule has 0 bridgehead atoms. The van der Waals surface area contributed by atoms with Gasteiger partial charge in [0.15, 0.2) is 5.60 Å². The molecule has 0 radical (unpaired) electrons. The summed E-state index contributed by atoms with van der Waals surface area (Å²) in [7, 11) is 0. The first-order chi connectivity index (χ1) is 31.0. The summed E-state index contributed by atoms with van der Waals surface area (Å²) < 4.78 is 12.9. The number of nitrogens with one attached hydrogen (secondary N) is 4. The van der Waals surface area contributed by atoms with Crippen LogP contribution in [0.4, 0.5) is 5.69 Å². The molecule has 5 N–H and O–H groups in total. The second-order valence-corrected chi connectivity index (χ2v) is 19.4. The molecule has 0 saturated heterocycles. The van der Waals surface area contributed by atoms with Gasteiger partial charge in [-0.2, -0.15) is 0 Å². The molecular formula is C48H59N7O11. The lowest BCUT2D eigenvalue weighted by Crippen LogP contribution is -2.55. The minimum absolute atomic E-state index is 0.000835. The van der Waals surface area contributed by atoms with Crippen LogP contribution in [0.25, 0.3) is 22.3 Å². The molecule has 18 nitrogen and oxygen atoms in total. The van der Waals surface area contributed by atoms with E-state index in [2.05, 4.69) is 21.3 Å². The molecule has 4 aliphatic rings. The number of carbonyl (C=O) groups excluding carboxylic acids is 7. The Morgan fingerprint density at radius 2 is 1.62 bits per heavy atom. The van der Waals surface area contributed by atoms with E-state index in [-0.39, 0.29) is 67.1 Å². The number of esters is 1. The standard InChI is InChI=1S/C48H59N7O11/c1-25(2)39(53-44(62)46(4,5)18-21-66-47(6,7)17-19-49-35(56)16-20-54-36(57)14-15-37(54)58)42(60)50-26(3)41(59)52-32-12-13-33-38-27(10-9-11-28(32)38)29-23-55-34(40(29)51-33)22-31-30(43(55)61)24-65-45(63)48(31,8)64/h12-15,22,25-26,39,64H,9-11,16-21,23-24H2,1-8H3,(H,49,56)(H,50,60)(H,52,59)(H,53,62)/t26-,39-,48-/m0/s1. The maximum absolute atomic E-state index is 13.7. The van der Waals surface area contributed by atoms with Gasteiger partial charge in [-0.15, -0.1) is 0 Å². The Bertz CT molecular complexity index is 2630. The first-order valence-corrected chi connectivity index (χ1v) is 22.5. The van der Waals surface area contributed by atoms with Gasteiger partial charge in [-0.25, -0.2) is 9.78 Å². The van der Waals surface area contributed by atoms with Crippen LogP contribution in [0.5, 0.6) is 0 Å². The smallest absolute Gasteiger partial charge is 0.342 e. The zero-order valence-electron chi connectivity index (χ0n) is 38.8. The van der Waals surface area contributed by atoms with Crippen molar-refractivity contribution in [2.75, 3.05) is 25.0 Å². The van der Waals surface area contributed by atoms with Crippen molar-refractivity contribution in [1.82, 2.24) is 30.4 Å². The molecule has 0 unspecified atom stereocenters. The summed E-state index contributed by atoms with van der Waals surface area (Å²) in [6, 6.07) is 3.35. The largest absolute Gasteiger partial charge is 0.458 e. The quantitative estimate of drug-likeness (QED) is 0.0759. The number of fused-ring (bicyclic) bond motifs is 5. The molecule has 2 aromatic heterocycles. The molecule has 0 fully saturated rings. The third-order valence-corrected chi connectivity index (χ3v) is 13.1. The number of pyridine rings is 2. The number of anilines is 1. The normalized spacial score (nSPS) is 18.4. The van der Waals surface area contributed by atoms with Crippen molar-refractivity contribution in [1.29, 1.82) is 0 Å². The first kappa shape index (κ1) is 47.7. The molecule has 3 aliphatic heterocycles. The fourth-order valence-corrected chi connectivity index (χ4v) is 8.89. The summed E-state index contributed by atoms with van der Waals surface area (Å²) in [5, 5.41) is 23.4. The number of aromatic nitrogens is 2. The highest BCUT2D eigenvalue weighted by Crippen LogP contribution is 2.43. The summed E-state index contributed by atoms with van der Waals surface area (Å²) in [6.45, 7) is 14.3. The highest BCUT2D eigenvalue weighted by molar-refractivity contribution is 6.13. The number of cyclic esters (lactones) is 1. The van der Waals surface area contributed by atoms with Crippen LogP contribution >= 0.6 is 0 Å². The van der Waals surface area contributed by atoms with E-state index < -0.39 is 58.3 Å². The average molecular weight is 910 g/mol. The number of aryl methyl sites for hydroxylation is 2. The van der Waals surface area contributed by atoms with Crippen LogP contribution in [0.2, 0.25) is 0 Å². The van der Waals surface area contributed by atoms with Crippen LogP contribution in [-0.4, -0.2) is 98.4 Å². The van der Waals surface area contributed by atoms with Crippen LogP contribution in [0, 0.1) is 11.3 Å². The molecule has 3 atom stereocenters. The maximum atomic E-state index is 13.7. The molecule has 0 spiro atoms. The Balaban J connectivity index is 0.935. The van der Waals surface area contributed by atoms with Gasteiger partial charge >= 0.3 is 5.97 Å². The van der Waals surface area contributed by atoms with Gasteiger partial charge in [-0.3, -0.25) is 38.5 Å². The minimum Gasteiger partial charge on any atom is -0.458 e. The number of benzene rings is 1. The molecule has 1 aromatic carbocycles. The molecule has 3 aromatic rings. The molecule has 7 rings (SSSR count). The number of nitrogens with zero attached hydrogens (tertiary/aromatic N) is 3. The van der Waals surface area contributed by atoms with Crippen molar-refractivity contribution in [3.63, 3.8) is 0 Å². The second kappa shape index (κ2) is 18.2. The van der Waals surface area contributed by atoms with E-state index in [0.29, 0.717) is 48.4 Å². The van der Waals surface area contributed by atoms with Gasteiger partial charge < -0.3 is 40.4 Å². The summed E-state index contributed by atoms with van der Waals surface area (Å²) >= 11 is 0. The van der Waals surface area contributed by atoms with E-state index in [9.17, 15) is 43.5 Å². The second-order valence-electron chi connectivity index (χ2n) is 19.4. The van der Waals surface area contributed by atoms with Crippen LogP contribution in [0.15, 0.2) is 35.1 Å². The molecular weight excluding hydrogens is 851 g/mol. The highest BCUT2D eigenvalue weighted by Gasteiger charge is 2.43. The highest BCUT2D eigenvalue weighted by atomic mass is 16.6. The van der Waals surface area contributed by atoms with Crippen LogP contribution in [0.3, 0.4) is 0 Å². The number of hydrogen-bond acceptors (Lipinski definition) is 12. The number of hydrogen-bond donors (Lipinski definition) is 5. The lowest BCUT2D eigenvalue weighted by Gasteiger charge is -2.31. The fourth-order valence-electron chi connectivity index (χ4n) is 8.89. The van der Waals surface area contributed by atoms with Gasteiger partial charge in [-0.05, 0) is 95.0 Å². The van der Waals surface area contributed by atoms with E-state index in [1.54, 1.807) is 51.3 Å². The number of amides is 6. The number of ether oxygens (including phenoxy) is 2. The molecule has 66 heavy (non-hydrogen) atoms. The molecule has 5 heterocycles. The maximum Gasteiger partial charge on any atom is 0.342 e. The molecule has 18 heteroatoms. The summed E-state index contributed by atoms with van der Waals surface area (Å²) in [5.41, 5.74) is 1.75. The summed E-state index contributed by atoms with van der Waals surface area (Å²) in [4.78, 5) is 109. The van der Waals surface area contributed by atoms with Gasteiger partial charge in [-0.1, -0.05) is 27.7 Å². The Morgan fingerprint density at radius 1 is 0.924 bits per heavy atom. The topological polar surface area (TPSA) is 244 Å². The van der Waals surface area contributed by atoms with E-state index in [1.165, 1.54) is 19.1 Å². The van der Waals surface area contributed by atoms with E-state index in [4.69, 9.17) is 14.5 Å². The number of imide groups is 1. The molecule has 1 aliphatic carbocycles. The average Bonchev–Trinajstić information content (AvgIpc) is 3.79. The van der Waals surface area contributed by atoms with Gasteiger partial charge in [0, 0.05) is 65.9 Å². The van der Waals surface area contributed by atoms with Gasteiger partial charge in [0.25, 0.3) is 17.4 Å². The van der Waals surface area contributed by atoms with Crippen LogP contribution < -0.4 is 26.8 Å². The zero-order valence-corrected chi connectivity index (χ0v) is 38.8. The van der Waals surface area contributed by atoms with Gasteiger partial charge in [0.05, 0.1) is 34.6 Å². The predicted molar refractivity (Wildman–Crippen MR) is 241 cm³/mol. The third kappa shape index (κ3) is 9.38. The summed E-state index contributed by atoms with van der Waals surface area (Å²) in [6.07, 6.45) is 5.29. The Hall–Kier alpha value is -6.27. The number of aliphatic hydroxyl groups is 1. The number of rotatable bonds is 17. The van der Waals surface area contributed by atoms with Crippen LogP contribution in [0.1, 0.15) is 109 Å². The lowest BCUT2D eigenvalue weighted by molar-refractivity contribution is -0.169.